The number of aldehydes is 1. The van der Waals surface area contributed by atoms with Crippen LogP contribution in [0.15, 0.2) is 35.9 Å². The van der Waals surface area contributed by atoms with E-state index in [1.165, 1.54) is 17.7 Å². The van der Waals surface area contributed by atoms with Crippen LogP contribution in [0, 0.1) is 5.82 Å². The van der Waals surface area contributed by atoms with E-state index in [0.717, 1.165) is 37.5 Å². The topological polar surface area (TPSA) is 17.1 Å². The normalized spacial score (nSPS) is 11.5. The smallest absolute Gasteiger partial charge is 0.123 e. The van der Waals surface area contributed by atoms with E-state index in [9.17, 15) is 9.18 Å². The van der Waals surface area contributed by atoms with E-state index in [2.05, 4.69) is 13.0 Å². The Balaban J connectivity index is 2.28. The molecule has 1 aromatic carbocycles. The van der Waals surface area contributed by atoms with Crippen LogP contribution in [0.3, 0.4) is 0 Å². The molecule has 0 aliphatic rings. The fourth-order valence-corrected chi connectivity index (χ4v) is 1.70. The molecule has 1 aromatic rings. The van der Waals surface area contributed by atoms with Gasteiger partial charge in [0, 0.05) is 6.42 Å². The summed E-state index contributed by atoms with van der Waals surface area (Å²) in [6.45, 7) is 2.09. The second-order valence-electron chi connectivity index (χ2n) is 4.27. The first-order valence-electron chi connectivity index (χ1n) is 6.06. The van der Waals surface area contributed by atoms with Gasteiger partial charge in [-0.3, -0.25) is 0 Å². The highest BCUT2D eigenvalue weighted by Gasteiger charge is 1.94. The van der Waals surface area contributed by atoms with Crippen LogP contribution in [0.5, 0.6) is 0 Å². The molecule has 0 unspecified atom stereocenters. The molecule has 92 valence electrons. The van der Waals surface area contributed by atoms with Gasteiger partial charge in [-0.1, -0.05) is 23.8 Å². The first-order chi connectivity index (χ1) is 8.22. The van der Waals surface area contributed by atoms with Crippen LogP contribution in [-0.4, -0.2) is 6.29 Å². The molecular formula is C15H19FO. The van der Waals surface area contributed by atoms with Gasteiger partial charge in [-0.2, -0.15) is 0 Å². The van der Waals surface area contributed by atoms with Gasteiger partial charge in [0.1, 0.15) is 12.1 Å². The van der Waals surface area contributed by atoms with Gasteiger partial charge >= 0.3 is 0 Å². The van der Waals surface area contributed by atoms with Gasteiger partial charge in [0.2, 0.25) is 0 Å². The number of rotatable bonds is 7. The van der Waals surface area contributed by atoms with Gasteiger partial charge < -0.3 is 4.79 Å². The van der Waals surface area contributed by atoms with Crippen molar-refractivity contribution in [2.45, 2.75) is 39.0 Å². The summed E-state index contributed by atoms with van der Waals surface area (Å²) >= 11 is 0. The Kier molecular flexibility index (Phi) is 6.23. The molecule has 0 aliphatic carbocycles. The van der Waals surface area contributed by atoms with Gasteiger partial charge in [-0.25, -0.2) is 4.39 Å². The lowest BCUT2D eigenvalue weighted by atomic mass is 10.1. The lowest BCUT2D eigenvalue weighted by molar-refractivity contribution is -0.107. The summed E-state index contributed by atoms with van der Waals surface area (Å²) in [6.07, 6.45) is 7.64. The van der Waals surface area contributed by atoms with Crippen LogP contribution in [0.1, 0.15) is 38.2 Å². The molecule has 17 heavy (non-hydrogen) atoms. The predicted molar refractivity (Wildman–Crippen MR) is 68.4 cm³/mol. The molecule has 0 spiro atoms. The number of allylic oxidation sites excluding steroid dienone is 2. The van der Waals surface area contributed by atoms with Crippen molar-refractivity contribution in [3.63, 3.8) is 0 Å². The highest BCUT2D eigenvalue weighted by Crippen LogP contribution is 2.10. The summed E-state index contributed by atoms with van der Waals surface area (Å²) in [7, 11) is 0. The third-order valence-electron chi connectivity index (χ3n) is 2.73. The lowest BCUT2D eigenvalue weighted by Gasteiger charge is -2.01. The Morgan fingerprint density at radius 2 is 1.94 bits per heavy atom. The highest BCUT2D eigenvalue weighted by molar-refractivity contribution is 5.49. The fraction of sp³-hybridized carbons (Fsp3) is 0.400. The molecule has 0 aliphatic heterocycles. The number of hydrogen-bond donors (Lipinski definition) is 0. The standard InChI is InChI=1S/C15H19FO/c1-13(5-2-3-12-17)6-4-7-14-8-10-15(16)11-9-14/h6,8-12H,2-5,7H2,1H3/b13-6+. The van der Waals surface area contributed by atoms with Crippen molar-refractivity contribution in [2.24, 2.45) is 0 Å². The van der Waals surface area contributed by atoms with Crippen LogP contribution < -0.4 is 0 Å². The minimum absolute atomic E-state index is 0.186. The van der Waals surface area contributed by atoms with Crippen molar-refractivity contribution in [3.05, 3.63) is 47.3 Å². The maximum atomic E-state index is 12.7. The van der Waals surface area contributed by atoms with E-state index in [4.69, 9.17) is 0 Å². The third-order valence-corrected chi connectivity index (χ3v) is 2.73. The molecular weight excluding hydrogens is 215 g/mol. The van der Waals surface area contributed by atoms with Crippen molar-refractivity contribution in [1.82, 2.24) is 0 Å². The van der Waals surface area contributed by atoms with E-state index in [0.29, 0.717) is 6.42 Å². The summed E-state index contributed by atoms with van der Waals surface area (Å²) in [5.74, 6) is -0.186. The number of carbonyl (C=O) groups is 1. The van der Waals surface area contributed by atoms with Gasteiger partial charge in [-0.05, 0) is 50.3 Å². The number of hydrogen-bond acceptors (Lipinski definition) is 1. The predicted octanol–water partition coefficient (Wildman–Crippen LogP) is 4.07. The fourth-order valence-electron chi connectivity index (χ4n) is 1.70. The van der Waals surface area contributed by atoms with Crippen molar-refractivity contribution in [2.75, 3.05) is 0 Å². The average Bonchev–Trinajstić information content (AvgIpc) is 2.32. The molecule has 0 aromatic heterocycles. The molecule has 0 amide bonds. The number of aryl methyl sites for hydroxylation is 1. The summed E-state index contributed by atoms with van der Waals surface area (Å²) < 4.78 is 12.7. The Morgan fingerprint density at radius 1 is 1.24 bits per heavy atom. The molecule has 0 heterocycles. The second kappa shape index (κ2) is 7.77. The SMILES string of the molecule is C/C(=C\CCc1ccc(F)cc1)CCCC=O. The van der Waals surface area contributed by atoms with E-state index in [1.807, 2.05) is 12.1 Å². The number of unbranched alkanes of at least 4 members (excludes halogenated alkanes) is 1. The van der Waals surface area contributed by atoms with Crippen LogP contribution in [0.25, 0.3) is 0 Å². The summed E-state index contributed by atoms with van der Waals surface area (Å²) in [4.78, 5) is 10.2. The molecule has 1 rings (SSSR count). The van der Waals surface area contributed by atoms with Gasteiger partial charge in [0.05, 0.1) is 0 Å². The molecule has 2 heteroatoms. The quantitative estimate of drug-likeness (QED) is 0.395. The molecule has 1 nitrogen and oxygen atoms in total. The Bertz CT molecular complexity index is 365. The van der Waals surface area contributed by atoms with Crippen molar-refractivity contribution >= 4 is 6.29 Å². The molecule has 0 saturated carbocycles. The molecule has 0 N–H and O–H groups in total. The summed E-state index contributed by atoms with van der Waals surface area (Å²) in [5, 5.41) is 0. The maximum absolute atomic E-state index is 12.7. The number of halogens is 1. The zero-order valence-corrected chi connectivity index (χ0v) is 10.3. The number of benzene rings is 1. The molecule has 0 fully saturated rings. The number of carbonyl (C=O) groups excluding carboxylic acids is 1. The van der Waals surface area contributed by atoms with E-state index in [-0.39, 0.29) is 5.82 Å². The van der Waals surface area contributed by atoms with Crippen LogP contribution in [0.2, 0.25) is 0 Å². The van der Waals surface area contributed by atoms with Crippen molar-refractivity contribution < 1.29 is 9.18 Å². The van der Waals surface area contributed by atoms with Crippen LogP contribution in [-0.2, 0) is 11.2 Å². The Hall–Kier alpha value is -1.44. The summed E-state index contributed by atoms with van der Waals surface area (Å²) in [5.41, 5.74) is 2.48. The van der Waals surface area contributed by atoms with E-state index < -0.39 is 0 Å². The highest BCUT2D eigenvalue weighted by atomic mass is 19.1. The molecule has 0 radical (unpaired) electrons. The first kappa shape index (κ1) is 13.6. The van der Waals surface area contributed by atoms with Gasteiger partial charge in [-0.15, -0.1) is 0 Å². The molecule has 0 bridgehead atoms. The van der Waals surface area contributed by atoms with E-state index >= 15 is 0 Å². The largest absolute Gasteiger partial charge is 0.303 e. The van der Waals surface area contributed by atoms with Crippen LogP contribution >= 0.6 is 0 Å². The lowest BCUT2D eigenvalue weighted by Crippen LogP contribution is -1.86. The van der Waals surface area contributed by atoms with Crippen molar-refractivity contribution in [3.8, 4) is 0 Å². The zero-order valence-electron chi connectivity index (χ0n) is 10.3. The first-order valence-corrected chi connectivity index (χ1v) is 6.06. The molecule has 0 saturated heterocycles. The zero-order chi connectivity index (χ0) is 12.5. The van der Waals surface area contributed by atoms with E-state index in [1.54, 1.807) is 0 Å². The van der Waals surface area contributed by atoms with Crippen LogP contribution in [0.4, 0.5) is 4.39 Å². The van der Waals surface area contributed by atoms with Gasteiger partial charge in [0.15, 0.2) is 0 Å². The monoisotopic (exact) mass is 234 g/mol. The molecule has 0 atom stereocenters. The van der Waals surface area contributed by atoms with Gasteiger partial charge in [0.25, 0.3) is 0 Å². The minimum Gasteiger partial charge on any atom is -0.303 e. The minimum atomic E-state index is -0.186. The Morgan fingerprint density at radius 3 is 2.59 bits per heavy atom. The summed E-state index contributed by atoms with van der Waals surface area (Å²) in [6, 6.07) is 6.64. The second-order valence-corrected chi connectivity index (χ2v) is 4.27. The average molecular weight is 234 g/mol. The third kappa shape index (κ3) is 6.00. The van der Waals surface area contributed by atoms with Crippen molar-refractivity contribution in [1.29, 1.82) is 0 Å². The maximum Gasteiger partial charge on any atom is 0.123 e. The Labute approximate surface area is 102 Å².